The van der Waals surface area contributed by atoms with Gasteiger partial charge in [0.25, 0.3) is 0 Å². The first-order chi connectivity index (χ1) is 10.9. The van der Waals surface area contributed by atoms with E-state index in [0.29, 0.717) is 11.9 Å². The second-order valence-electron chi connectivity index (χ2n) is 4.99. The molecule has 0 aromatic heterocycles. The second-order valence-corrected chi connectivity index (χ2v) is 5.55. The Balaban J connectivity index is 1.78. The number of hydrogen-bond acceptors (Lipinski definition) is 2. The molecule has 3 heteroatoms. The number of hydrogen-bond donors (Lipinski definition) is 0. The summed E-state index contributed by atoms with van der Waals surface area (Å²) in [7, 11) is 0. The topological polar surface area (TPSA) is 21.6 Å². The van der Waals surface area contributed by atoms with E-state index >= 15 is 0 Å². The van der Waals surface area contributed by atoms with Gasteiger partial charge in [0.1, 0.15) is 6.61 Å². The van der Waals surface area contributed by atoms with Crippen molar-refractivity contribution in [3.63, 3.8) is 0 Å². The van der Waals surface area contributed by atoms with Crippen LogP contribution in [0.25, 0.3) is 10.8 Å². The largest absolute Gasteiger partial charge is 0.391 e. The van der Waals surface area contributed by atoms with Gasteiger partial charge in [-0.2, -0.15) is 0 Å². The van der Waals surface area contributed by atoms with Gasteiger partial charge in [-0.3, -0.25) is 0 Å². The number of oxime groups is 1. The third-order valence-electron chi connectivity index (χ3n) is 3.46. The van der Waals surface area contributed by atoms with Crippen LogP contribution in [0.15, 0.2) is 78.0 Å². The van der Waals surface area contributed by atoms with Crippen molar-refractivity contribution in [2.45, 2.75) is 6.61 Å². The zero-order valence-corrected chi connectivity index (χ0v) is 13.7. The van der Waals surface area contributed by atoms with Crippen LogP contribution in [0.2, 0.25) is 0 Å². The predicted molar refractivity (Wildman–Crippen MR) is 95.5 cm³/mol. The SMILES string of the molecule is BrCC(=NOCc1ccccc1)c1ccc2ccccc2c1. The lowest BCUT2D eigenvalue weighted by molar-refractivity contribution is 0.130. The molecule has 0 unspecified atom stereocenters. The van der Waals surface area contributed by atoms with Gasteiger partial charge < -0.3 is 4.84 Å². The van der Waals surface area contributed by atoms with E-state index in [2.05, 4.69) is 51.4 Å². The molecule has 0 atom stereocenters. The lowest BCUT2D eigenvalue weighted by Gasteiger charge is -2.06. The summed E-state index contributed by atoms with van der Waals surface area (Å²) in [6.07, 6.45) is 0. The normalized spacial score (nSPS) is 11.6. The van der Waals surface area contributed by atoms with Crippen LogP contribution in [0.1, 0.15) is 11.1 Å². The zero-order valence-electron chi connectivity index (χ0n) is 12.1. The molecule has 0 amide bonds. The molecule has 3 aromatic rings. The first-order valence-corrected chi connectivity index (χ1v) is 8.27. The number of benzene rings is 3. The Bertz CT molecular complexity index is 784. The number of fused-ring (bicyclic) bond motifs is 1. The Morgan fingerprint density at radius 3 is 2.36 bits per heavy atom. The Morgan fingerprint density at radius 2 is 1.59 bits per heavy atom. The molecule has 0 aliphatic rings. The Morgan fingerprint density at radius 1 is 0.864 bits per heavy atom. The minimum Gasteiger partial charge on any atom is -0.391 e. The van der Waals surface area contributed by atoms with Gasteiger partial charge in [-0.05, 0) is 22.4 Å². The molecule has 0 N–H and O–H groups in total. The molecule has 0 saturated carbocycles. The van der Waals surface area contributed by atoms with Gasteiger partial charge in [-0.15, -0.1) is 0 Å². The fraction of sp³-hybridized carbons (Fsp3) is 0.105. The van der Waals surface area contributed by atoms with Crippen molar-refractivity contribution in [2.24, 2.45) is 5.16 Å². The lowest BCUT2D eigenvalue weighted by Crippen LogP contribution is -2.03. The Labute approximate surface area is 138 Å². The molecule has 2 nitrogen and oxygen atoms in total. The van der Waals surface area contributed by atoms with E-state index in [0.717, 1.165) is 16.8 Å². The van der Waals surface area contributed by atoms with Gasteiger partial charge in [-0.1, -0.05) is 87.8 Å². The van der Waals surface area contributed by atoms with Gasteiger partial charge >= 0.3 is 0 Å². The second kappa shape index (κ2) is 7.23. The minimum atomic E-state index is 0.477. The maximum atomic E-state index is 5.50. The van der Waals surface area contributed by atoms with E-state index in [4.69, 9.17) is 4.84 Å². The monoisotopic (exact) mass is 353 g/mol. The Hall–Kier alpha value is -2.13. The van der Waals surface area contributed by atoms with E-state index in [1.54, 1.807) is 0 Å². The van der Waals surface area contributed by atoms with Gasteiger partial charge in [0.05, 0.1) is 5.71 Å². The summed E-state index contributed by atoms with van der Waals surface area (Å²) >= 11 is 3.49. The van der Waals surface area contributed by atoms with E-state index in [1.165, 1.54) is 10.8 Å². The van der Waals surface area contributed by atoms with E-state index in [-0.39, 0.29) is 0 Å². The molecule has 0 spiro atoms. The van der Waals surface area contributed by atoms with Crippen molar-refractivity contribution in [3.05, 3.63) is 83.9 Å². The van der Waals surface area contributed by atoms with Crippen LogP contribution in [0.5, 0.6) is 0 Å². The molecule has 22 heavy (non-hydrogen) atoms. The average Bonchev–Trinajstić information content (AvgIpc) is 2.59. The summed E-state index contributed by atoms with van der Waals surface area (Å²) in [5.74, 6) is 0. The van der Waals surface area contributed by atoms with Crippen molar-refractivity contribution < 1.29 is 4.84 Å². The Kier molecular flexibility index (Phi) is 4.86. The lowest BCUT2D eigenvalue weighted by atomic mass is 10.0. The van der Waals surface area contributed by atoms with Crippen LogP contribution in [0, 0.1) is 0 Å². The summed E-state index contributed by atoms with van der Waals surface area (Å²) in [5.41, 5.74) is 3.07. The molecular weight excluding hydrogens is 338 g/mol. The van der Waals surface area contributed by atoms with Crippen LogP contribution in [-0.2, 0) is 11.4 Å². The summed E-state index contributed by atoms with van der Waals surface area (Å²) in [4.78, 5) is 5.50. The van der Waals surface area contributed by atoms with E-state index < -0.39 is 0 Å². The third-order valence-corrected chi connectivity index (χ3v) is 3.99. The van der Waals surface area contributed by atoms with Crippen LogP contribution in [0.4, 0.5) is 0 Å². The highest BCUT2D eigenvalue weighted by Crippen LogP contribution is 2.17. The molecule has 3 rings (SSSR count). The van der Waals surface area contributed by atoms with E-state index in [1.807, 2.05) is 42.5 Å². The van der Waals surface area contributed by atoms with Crippen molar-refractivity contribution >= 4 is 32.4 Å². The standard InChI is InChI=1S/C19H16BrNO/c20-13-19(21-22-14-15-6-2-1-3-7-15)18-11-10-16-8-4-5-9-17(16)12-18/h1-12H,13-14H2. The van der Waals surface area contributed by atoms with Gasteiger partial charge in [-0.25, -0.2) is 0 Å². The summed E-state index contributed by atoms with van der Waals surface area (Å²) in [6, 6.07) is 24.7. The minimum absolute atomic E-state index is 0.477. The zero-order chi connectivity index (χ0) is 15.2. The molecule has 0 heterocycles. The fourth-order valence-electron chi connectivity index (χ4n) is 2.28. The first kappa shape index (κ1) is 14.8. The molecule has 0 bridgehead atoms. The van der Waals surface area contributed by atoms with Crippen molar-refractivity contribution in [2.75, 3.05) is 5.33 Å². The van der Waals surface area contributed by atoms with Gasteiger partial charge in [0.2, 0.25) is 0 Å². The van der Waals surface area contributed by atoms with Crippen LogP contribution in [-0.4, -0.2) is 11.0 Å². The molecule has 110 valence electrons. The summed E-state index contributed by atoms with van der Waals surface area (Å²) < 4.78 is 0. The highest BCUT2D eigenvalue weighted by Gasteiger charge is 2.04. The summed E-state index contributed by atoms with van der Waals surface area (Å²) in [6.45, 7) is 0.477. The molecule has 0 radical (unpaired) electrons. The van der Waals surface area contributed by atoms with Crippen LogP contribution < -0.4 is 0 Å². The highest BCUT2D eigenvalue weighted by molar-refractivity contribution is 9.09. The highest BCUT2D eigenvalue weighted by atomic mass is 79.9. The molecule has 0 fully saturated rings. The number of nitrogens with zero attached hydrogens (tertiary/aromatic N) is 1. The molecule has 0 saturated heterocycles. The number of alkyl halides is 1. The third kappa shape index (κ3) is 3.55. The van der Waals surface area contributed by atoms with Crippen molar-refractivity contribution in [3.8, 4) is 0 Å². The van der Waals surface area contributed by atoms with E-state index in [9.17, 15) is 0 Å². The fourth-order valence-corrected chi connectivity index (χ4v) is 2.71. The molecule has 0 aliphatic heterocycles. The first-order valence-electron chi connectivity index (χ1n) is 7.15. The quantitative estimate of drug-likeness (QED) is 0.353. The maximum absolute atomic E-state index is 5.50. The number of halogens is 1. The maximum Gasteiger partial charge on any atom is 0.142 e. The van der Waals surface area contributed by atoms with Gasteiger partial charge in [0.15, 0.2) is 0 Å². The van der Waals surface area contributed by atoms with Crippen LogP contribution in [0.3, 0.4) is 0 Å². The molecular formula is C19H16BrNO. The molecule has 0 aliphatic carbocycles. The number of rotatable bonds is 5. The smallest absolute Gasteiger partial charge is 0.142 e. The average molecular weight is 354 g/mol. The van der Waals surface area contributed by atoms with Gasteiger partial charge in [0, 0.05) is 10.9 Å². The van der Waals surface area contributed by atoms with Crippen LogP contribution >= 0.6 is 15.9 Å². The predicted octanol–water partition coefficient (Wildman–Crippen LogP) is 5.16. The summed E-state index contributed by atoms with van der Waals surface area (Å²) in [5, 5.41) is 7.37. The van der Waals surface area contributed by atoms with Crippen molar-refractivity contribution in [1.82, 2.24) is 0 Å². The van der Waals surface area contributed by atoms with Crippen molar-refractivity contribution in [1.29, 1.82) is 0 Å². The molecule has 3 aromatic carbocycles.